The molecule has 0 saturated heterocycles. The van der Waals surface area contributed by atoms with Crippen molar-refractivity contribution in [3.63, 3.8) is 0 Å². The average Bonchev–Trinajstić information content (AvgIpc) is 3.18. The Morgan fingerprint density at radius 2 is 1.89 bits per heavy atom. The molecule has 2 N–H and O–H groups in total. The summed E-state index contributed by atoms with van der Waals surface area (Å²) in [6, 6.07) is 7.77. The minimum atomic E-state index is -0.661. The van der Waals surface area contributed by atoms with Crippen molar-refractivity contribution in [3.05, 3.63) is 75.8 Å². The van der Waals surface area contributed by atoms with E-state index in [1.165, 1.54) is 30.5 Å². The van der Waals surface area contributed by atoms with Crippen molar-refractivity contribution in [3.8, 4) is 0 Å². The van der Waals surface area contributed by atoms with Gasteiger partial charge in [-0.2, -0.15) is 5.10 Å². The molecule has 0 fully saturated rings. The van der Waals surface area contributed by atoms with Crippen molar-refractivity contribution in [1.82, 2.24) is 10.2 Å². The van der Waals surface area contributed by atoms with Gasteiger partial charge in [-0.1, -0.05) is 11.6 Å². The van der Waals surface area contributed by atoms with Crippen LogP contribution in [0.4, 0.5) is 15.8 Å². The summed E-state index contributed by atoms with van der Waals surface area (Å²) < 4.78 is 13.4. The van der Waals surface area contributed by atoms with E-state index in [-0.39, 0.29) is 21.8 Å². The first-order chi connectivity index (χ1) is 13.4. The number of rotatable bonds is 3. The van der Waals surface area contributed by atoms with Crippen molar-refractivity contribution in [2.45, 2.75) is 6.92 Å². The fourth-order valence-electron chi connectivity index (χ4n) is 2.97. The lowest BCUT2D eigenvalue weighted by Gasteiger charge is -2.16. The number of hydrogen-bond acceptors (Lipinski definition) is 4. The molecule has 7 nitrogen and oxygen atoms in total. The maximum Gasteiger partial charge on any atom is 0.273 e. The Kier molecular flexibility index (Phi) is 4.20. The van der Waals surface area contributed by atoms with Gasteiger partial charge in [0.05, 0.1) is 28.0 Å². The number of amides is 3. The lowest BCUT2D eigenvalue weighted by molar-refractivity contribution is 0.0924. The lowest BCUT2D eigenvalue weighted by atomic mass is 10.1. The fraction of sp³-hybridized carbons (Fsp3) is 0.0526. The molecule has 0 aliphatic carbocycles. The highest BCUT2D eigenvalue weighted by molar-refractivity contribution is 6.40. The van der Waals surface area contributed by atoms with Crippen molar-refractivity contribution >= 4 is 40.7 Å². The Bertz CT molecular complexity index is 1160. The smallest absolute Gasteiger partial charge is 0.273 e. The molecular formula is C19H12ClFN4O3. The summed E-state index contributed by atoms with van der Waals surface area (Å²) in [4.78, 5) is 38.3. The van der Waals surface area contributed by atoms with E-state index in [1.807, 2.05) is 0 Å². The summed E-state index contributed by atoms with van der Waals surface area (Å²) in [6.07, 6.45) is 1.52. The number of aromatic nitrogens is 2. The number of carbonyl (C=O) groups excluding carboxylic acids is 3. The number of halogens is 2. The molecular weight excluding hydrogens is 387 g/mol. The standard InChI is InChI=1S/C19H12ClFN4O3/c1-9-8-22-24-16(9)17(26)23-11-3-5-15(14(20)7-11)25-18(27)12-4-2-10(21)6-13(12)19(25)28/h2-8H,1H3,(H,22,24)(H,23,26). The third-order valence-corrected chi connectivity index (χ3v) is 4.65. The molecule has 0 unspecified atom stereocenters. The molecule has 3 amide bonds. The summed E-state index contributed by atoms with van der Waals surface area (Å²) >= 11 is 6.26. The molecule has 140 valence electrons. The number of aryl methyl sites for hydroxylation is 1. The zero-order valence-corrected chi connectivity index (χ0v) is 15.2. The number of anilines is 2. The fourth-order valence-corrected chi connectivity index (χ4v) is 3.23. The molecule has 0 spiro atoms. The van der Waals surface area contributed by atoms with Crippen LogP contribution in [0.5, 0.6) is 0 Å². The van der Waals surface area contributed by atoms with Gasteiger partial charge in [0, 0.05) is 5.69 Å². The highest BCUT2D eigenvalue weighted by Crippen LogP contribution is 2.35. The topological polar surface area (TPSA) is 95.2 Å². The Morgan fingerprint density at radius 3 is 2.57 bits per heavy atom. The normalized spacial score (nSPS) is 13.0. The largest absolute Gasteiger partial charge is 0.321 e. The number of fused-ring (bicyclic) bond motifs is 1. The molecule has 2 aromatic carbocycles. The third-order valence-electron chi connectivity index (χ3n) is 4.35. The van der Waals surface area contributed by atoms with Crippen LogP contribution < -0.4 is 10.2 Å². The van der Waals surface area contributed by atoms with Gasteiger partial charge in [-0.25, -0.2) is 9.29 Å². The highest BCUT2D eigenvalue weighted by atomic mass is 35.5. The van der Waals surface area contributed by atoms with Gasteiger partial charge in [0.2, 0.25) is 0 Å². The molecule has 1 aromatic heterocycles. The number of hydrogen-bond donors (Lipinski definition) is 2. The number of carbonyl (C=O) groups is 3. The van der Waals surface area contributed by atoms with Crippen LogP contribution in [0.3, 0.4) is 0 Å². The maximum atomic E-state index is 13.4. The molecule has 9 heteroatoms. The summed E-state index contributed by atoms with van der Waals surface area (Å²) in [6.45, 7) is 1.74. The van der Waals surface area contributed by atoms with Crippen molar-refractivity contribution < 1.29 is 18.8 Å². The van der Waals surface area contributed by atoms with Gasteiger partial charge < -0.3 is 5.32 Å². The first kappa shape index (κ1) is 17.9. The van der Waals surface area contributed by atoms with Crippen LogP contribution in [0.2, 0.25) is 5.02 Å². The quantitative estimate of drug-likeness (QED) is 0.659. The monoisotopic (exact) mass is 398 g/mol. The molecule has 4 rings (SSSR count). The SMILES string of the molecule is Cc1cn[nH]c1C(=O)Nc1ccc(N2C(=O)c3ccc(F)cc3C2=O)c(Cl)c1. The number of nitrogens with one attached hydrogen (secondary N) is 2. The van der Waals surface area contributed by atoms with Gasteiger partial charge in [0.15, 0.2) is 0 Å². The van der Waals surface area contributed by atoms with Crippen LogP contribution in [0.1, 0.15) is 36.8 Å². The highest BCUT2D eigenvalue weighted by Gasteiger charge is 2.37. The third kappa shape index (κ3) is 2.84. The second kappa shape index (κ2) is 6.58. The summed E-state index contributed by atoms with van der Waals surface area (Å²) in [5.74, 6) is -2.27. The molecule has 0 radical (unpaired) electrons. The van der Waals surface area contributed by atoms with Gasteiger partial charge in [-0.05, 0) is 48.9 Å². The van der Waals surface area contributed by atoms with Crippen LogP contribution in [0, 0.1) is 12.7 Å². The van der Waals surface area contributed by atoms with Gasteiger partial charge in [-0.15, -0.1) is 0 Å². The van der Waals surface area contributed by atoms with Crippen LogP contribution in [0.25, 0.3) is 0 Å². The summed E-state index contributed by atoms with van der Waals surface area (Å²) in [5.41, 5.74) is 1.59. The molecule has 0 bridgehead atoms. The van der Waals surface area contributed by atoms with E-state index in [2.05, 4.69) is 15.5 Å². The van der Waals surface area contributed by atoms with Gasteiger partial charge in [-0.3, -0.25) is 19.5 Å². The van der Waals surface area contributed by atoms with E-state index < -0.39 is 23.5 Å². The van der Waals surface area contributed by atoms with Gasteiger partial charge in [0.25, 0.3) is 17.7 Å². The van der Waals surface area contributed by atoms with Crippen molar-refractivity contribution in [2.75, 3.05) is 10.2 Å². The molecule has 0 saturated carbocycles. The molecule has 1 aliphatic rings. The van der Waals surface area contributed by atoms with E-state index in [0.29, 0.717) is 16.9 Å². The predicted octanol–water partition coefficient (Wildman–Crippen LogP) is 3.56. The van der Waals surface area contributed by atoms with Crippen LogP contribution in [-0.4, -0.2) is 27.9 Å². The predicted molar refractivity (Wildman–Crippen MR) is 100 cm³/mol. The van der Waals surface area contributed by atoms with E-state index in [1.54, 1.807) is 6.92 Å². The number of benzene rings is 2. The first-order valence-electron chi connectivity index (χ1n) is 8.16. The van der Waals surface area contributed by atoms with E-state index in [4.69, 9.17) is 11.6 Å². The van der Waals surface area contributed by atoms with Gasteiger partial charge >= 0.3 is 0 Å². The van der Waals surface area contributed by atoms with Crippen LogP contribution in [-0.2, 0) is 0 Å². The van der Waals surface area contributed by atoms with Gasteiger partial charge in [0.1, 0.15) is 11.5 Å². The van der Waals surface area contributed by atoms with E-state index in [0.717, 1.165) is 17.0 Å². The molecule has 28 heavy (non-hydrogen) atoms. The van der Waals surface area contributed by atoms with E-state index >= 15 is 0 Å². The summed E-state index contributed by atoms with van der Waals surface area (Å²) in [7, 11) is 0. The Balaban J connectivity index is 1.62. The molecule has 0 atom stereocenters. The van der Waals surface area contributed by atoms with Crippen molar-refractivity contribution in [2.24, 2.45) is 0 Å². The minimum absolute atomic E-state index is 0.0202. The number of imide groups is 1. The second-order valence-corrected chi connectivity index (χ2v) is 6.59. The molecule has 1 aliphatic heterocycles. The minimum Gasteiger partial charge on any atom is -0.321 e. The zero-order chi connectivity index (χ0) is 20.0. The first-order valence-corrected chi connectivity index (χ1v) is 8.54. The summed E-state index contributed by atoms with van der Waals surface area (Å²) in [5, 5.41) is 9.13. The lowest BCUT2D eigenvalue weighted by Crippen LogP contribution is -2.29. The number of aromatic amines is 1. The maximum absolute atomic E-state index is 13.4. The number of H-pyrrole nitrogens is 1. The molecule has 2 heterocycles. The van der Waals surface area contributed by atoms with Crippen molar-refractivity contribution in [1.29, 1.82) is 0 Å². The molecule has 3 aromatic rings. The number of nitrogens with zero attached hydrogens (tertiary/aromatic N) is 2. The van der Waals surface area contributed by atoms with Crippen LogP contribution in [0.15, 0.2) is 42.6 Å². The average molecular weight is 399 g/mol. The van der Waals surface area contributed by atoms with Crippen LogP contribution >= 0.6 is 11.6 Å². The Labute approximate surface area is 163 Å². The Morgan fingerprint density at radius 1 is 1.14 bits per heavy atom. The Hall–Kier alpha value is -3.52. The van der Waals surface area contributed by atoms with E-state index in [9.17, 15) is 18.8 Å². The second-order valence-electron chi connectivity index (χ2n) is 6.18. The zero-order valence-electron chi connectivity index (χ0n) is 14.4.